The Morgan fingerprint density at radius 3 is 2.66 bits per heavy atom. The van der Waals surface area contributed by atoms with Crippen LogP contribution in [0, 0.1) is 11.8 Å². The van der Waals surface area contributed by atoms with Gasteiger partial charge < -0.3 is 0 Å². The first kappa shape index (κ1) is 19.1. The Bertz CT molecular complexity index is 1030. The van der Waals surface area contributed by atoms with Gasteiger partial charge in [-0.25, -0.2) is 9.55 Å². The lowest BCUT2D eigenvalue weighted by atomic mass is 9.80. The van der Waals surface area contributed by atoms with E-state index < -0.39 is 0 Å². The van der Waals surface area contributed by atoms with Crippen molar-refractivity contribution in [3.05, 3.63) is 70.3 Å². The number of hydrogen-bond donors (Lipinski definition) is 0. The smallest absolute Gasteiger partial charge is 0.195 e. The topological polar surface area (TPSA) is 16.8 Å². The largest absolute Gasteiger partial charge is 0.241 e. The van der Waals surface area contributed by atoms with Crippen LogP contribution in [0.5, 0.6) is 0 Å². The first-order chi connectivity index (χ1) is 14.0. The molecule has 150 valence electrons. The molecule has 2 nitrogen and oxygen atoms in total. The van der Waals surface area contributed by atoms with Gasteiger partial charge in [0.15, 0.2) is 18.4 Å². The summed E-state index contributed by atoms with van der Waals surface area (Å²) < 4.78 is 2.57. The number of hydrogen-bond acceptors (Lipinski definition) is 1. The fourth-order valence-electron chi connectivity index (χ4n) is 5.44. The van der Waals surface area contributed by atoms with Crippen molar-refractivity contribution in [1.82, 2.24) is 4.98 Å². The highest BCUT2D eigenvalue weighted by atomic mass is 35.5. The third-order valence-corrected chi connectivity index (χ3v) is 7.28. The highest BCUT2D eigenvalue weighted by Gasteiger charge is 2.53. The Morgan fingerprint density at radius 1 is 1.07 bits per heavy atom. The van der Waals surface area contributed by atoms with E-state index in [0.29, 0.717) is 22.4 Å². The second kappa shape index (κ2) is 7.09. The van der Waals surface area contributed by atoms with Crippen LogP contribution < -0.4 is 4.57 Å². The highest BCUT2D eigenvalue weighted by molar-refractivity contribution is 6.29. The summed E-state index contributed by atoms with van der Waals surface area (Å²) in [6, 6.07) is 8.69. The van der Waals surface area contributed by atoms with Gasteiger partial charge in [0, 0.05) is 23.2 Å². The van der Waals surface area contributed by atoms with Crippen molar-refractivity contribution in [2.24, 2.45) is 11.8 Å². The molecule has 0 saturated heterocycles. The van der Waals surface area contributed by atoms with Gasteiger partial charge in [-0.05, 0) is 72.9 Å². The van der Waals surface area contributed by atoms with E-state index in [1.165, 1.54) is 41.5 Å². The molecule has 1 saturated carbocycles. The van der Waals surface area contributed by atoms with Crippen molar-refractivity contribution < 1.29 is 4.57 Å². The molecule has 3 aliphatic carbocycles. The van der Waals surface area contributed by atoms with Crippen LogP contribution in [0.1, 0.15) is 69.0 Å². The van der Waals surface area contributed by atoms with E-state index in [0.717, 1.165) is 25.1 Å². The number of pyridine rings is 2. The average Bonchev–Trinajstić information content (AvgIpc) is 3.47. The second-order valence-corrected chi connectivity index (χ2v) is 9.84. The molecular weight excluding hydrogens is 376 g/mol. The number of allylic oxidation sites excluding steroid dienone is 4. The maximum atomic E-state index is 6.15. The van der Waals surface area contributed by atoms with Gasteiger partial charge in [-0.15, -0.1) is 0 Å². The summed E-state index contributed by atoms with van der Waals surface area (Å²) >= 11 is 6.15. The molecule has 1 fully saturated rings. The molecule has 2 aromatic rings. The van der Waals surface area contributed by atoms with E-state index in [-0.39, 0.29) is 0 Å². The van der Waals surface area contributed by atoms with Gasteiger partial charge in [0.1, 0.15) is 5.15 Å². The van der Waals surface area contributed by atoms with Crippen LogP contribution in [0.15, 0.2) is 42.6 Å². The summed E-state index contributed by atoms with van der Waals surface area (Å²) in [7, 11) is 0. The van der Waals surface area contributed by atoms with Crippen LogP contribution in [0.4, 0.5) is 0 Å². The van der Waals surface area contributed by atoms with Crippen LogP contribution >= 0.6 is 11.6 Å². The minimum atomic E-state index is 0.392. The van der Waals surface area contributed by atoms with Gasteiger partial charge in [-0.2, -0.15) is 0 Å². The third kappa shape index (κ3) is 3.26. The lowest BCUT2D eigenvalue weighted by Gasteiger charge is -2.26. The van der Waals surface area contributed by atoms with Crippen molar-refractivity contribution >= 4 is 22.7 Å². The lowest BCUT2D eigenvalue weighted by molar-refractivity contribution is -0.710. The summed E-state index contributed by atoms with van der Waals surface area (Å²) in [6.45, 7) is 8.03. The van der Waals surface area contributed by atoms with Crippen molar-refractivity contribution in [3.63, 3.8) is 0 Å². The van der Waals surface area contributed by atoms with Crippen LogP contribution in [0.3, 0.4) is 0 Å². The Kier molecular flexibility index (Phi) is 4.66. The van der Waals surface area contributed by atoms with Crippen molar-refractivity contribution in [2.75, 3.05) is 0 Å². The monoisotopic (exact) mass is 405 g/mol. The number of rotatable bonds is 4. The quantitative estimate of drug-likeness (QED) is 0.439. The molecule has 2 heterocycles. The summed E-state index contributed by atoms with van der Waals surface area (Å²) in [5.41, 5.74) is 8.88. The normalized spacial score (nSPS) is 20.0. The molecule has 29 heavy (non-hydrogen) atoms. The van der Waals surface area contributed by atoms with E-state index in [4.69, 9.17) is 11.6 Å². The molecular formula is C26H30ClN2+. The second-order valence-electron chi connectivity index (χ2n) is 9.45. The predicted molar refractivity (Wildman–Crippen MR) is 120 cm³/mol. The van der Waals surface area contributed by atoms with Crippen molar-refractivity contribution in [1.29, 1.82) is 0 Å². The summed E-state index contributed by atoms with van der Waals surface area (Å²) in [6.07, 6.45) is 13.2. The molecule has 2 aromatic heterocycles. The maximum absolute atomic E-state index is 6.15. The zero-order valence-corrected chi connectivity index (χ0v) is 18.5. The standard InChI is InChI=1S/C26H30ClN2/c1-17(2)19-11-12-26(13-14-26)25-22(19)7-5-15-29(25)16-18(3)20-6-4-8-23-21(20)9-10-24(27)28-23/h5-7,9-11,15,17-18H,4,8,12-14,16H2,1-3H3/q+1. The maximum Gasteiger partial charge on any atom is 0.195 e. The van der Waals surface area contributed by atoms with Crippen LogP contribution in [-0.4, -0.2) is 4.98 Å². The first-order valence-electron chi connectivity index (χ1n) is 11.1. The third-order valence-electron chi connectivity index (χ3n) is 7.07. The fourth-order valence-corrected chi connectivity index (χ4v) is 5.60. The Morgan fingerprint density at radius 2 is 1.90 bits per heavy atom. The van der Waals surface area contributed by atoms with E-state index >= 15 is 0 Å². The average molecular weight is 406 g/mol. The Balaban J connectivity index is 1.51. The SMILES string of the molecule is CC(C)C1=CCC2(CC2)c2c1ccc[n+]2CC(C)C1=CCCc2nc(Cl)ccc21. The van der Waals surface area contributed by atoms with Gasteiger partial charge in [-0.1, -0.05) is 44.5 Å². The number of fused-ring (bicyclic) bond motifs is 3. The predicted octanol–water partition coefficient (Wildman–Crippen LogP) is 6.16. The minimum absolute atomic E-state index is 0.392. The molecule has 0 radical (unpaired) electrons. The molecule has 3 heteroatoms. The van der Waals surface area contributed by atoms with Crippen LogP contribution in [0.2, 0.25) is 5.15 Å². The Labute approximate surface area is 179 Å². The zero-order chi connectivity index (χ0) is 20.2. The molecule has 1 unspecified atom stereocenters. The number of nitrogens with zero attached hydrogens (tertiary/aromatic N) is 2. The molecule has 0 aliphatic heterocycles. The summed E-state index contributed by atoms with van der Waals surface area (Å²) in [4.78, 5) is 4.60. The first-order valence-corrected chi connectivity index (χ1v) is 11.5. The van der Waals surface area contributed by atoms with E-state index in [1.54, 1.807) is 5.69 Å². The molecule has 0 amide bonds. The molecule has 5 rings (SSSR count). The molecule has 3 aliphatic rings. The van der Waals surface area contributed by atoms with Crippen LogP contribution in [-0.2, 0) is 18.4 Å². The molecule has 1 spiro atoms. The molecule has 0 N–H and O–H groups in total. The Hall–Kier alpha value is -1.93. The van der Waals surface area contributed by atoms with Gasteiger partial charge >= 0.3 is 0 Å². The van der Waals surface area contributed by atoms with E-state index in [9.17, 15) is 0 Å². The van der Waals surface area contributed by atoms with Gasteiger partial charge in [0.25, 0.3) is 0 Å². The van der Waals surface area contributed by atoms with Gasteiger partial charge in [0.05, 0.1) is 5.41 Å². The van der Waals surface area contributed by atoms with Gasteiger partial charge in [-0.3, -0.25) is 0 Å². The van der Waals surface area contributed by atoms with E-state index in [1.807, 2.05) is 6.07 Å². The molecule has 0 aromatic carbocycles. The van der Waals surface area contributed by atoms with E-state index in [2.05, 4.69) is 66.9 Å². The lowest BCUT2D eigenvalue weighted by Crippen LogP contribution is -2.46. The summed E-state index contributed by atoms with van der Waals surface area (Å²) in [5.74, 6) is 1.01. The minimum Gasteiger partial charge on any atom is -0.241 e. The molecule has 0 bridgehead atoms. The van der Waals surface area contributed by atoms with Crippen LogP contribution in [0.25, 0.3) is 11.1 Å². The summed E-state index contributed by atoms with van der Waals surface area (Å²) in [5, 5.41) is 0.604. The number of aryl methyl sites for hydroxylation is 1. The molecule has 1 atom stereocenters. The number of aromatic nitrogens is 2. The van der Waals surface area contributed by atoms with Gasteiger partial charge in [0.2, 0.25) is 0 Å². The van der Waals surface area contributed by atoms with Crippen molar-refractivity contribution in [3.8, 4) is 0 Å². The van der Waals surface area contributed by atoms with Crippen molar-refractivity contribution in [2.45, 2.75) is 64.8 Å². The highest BCUT2D eigenvalue weighted by Crippen LogP contribution is 2.55. The fraction of sp³-hybridized carbons (Fsp3) is 0.462. The zero-order valence-electron chi connectivity index (χ0n) is 17.7. The number of halogens is 1.